The highest BCUT2D eigenvalue weighted by Gasteiger charge is 2.23. The van der Waals surface area contributed by atoms with Gasteiger partial charge in [-0.05, 0) is 49.9 Å². The lowest BCUT2D eigenvalue weighted by Gasteiger charge is -2.28. The van der Waals surface area contributed by atoms with Crippen LogP contribution in [0.15, 0.2) is 12.1 Å². The molecule has 2 atom stereocenters. The van der Waals surface area contributed by atoms with Crippen LogP contribution in [0.1, 0.15) is 38.2 Å². The molecule has 0 spiro atoms. The highest BCUT2D eigenvalue weighted by atomic mass is 35.5. The largest absolute Gasteiger partial charge is 0.493 e. The average Bonchev–Trinajstić information content (AvgIpc) is 2.42. The van der Waals surface area contributed by atoms with Crippen molar-refractivity contribution in [1.82, 2.24) is 5.32 Å². The van der Waals surface area contributed by atoms with Crippen LogP contribution in [0.5, 0.6) is 11.5 Å². The van der Waals surface area contributed by atoms with E-state index in [0.29, 0.717) is 10.8 Å². The molecule has 0 radical (unpaired) electrons. The molecule has 2 unspecified atom stereocenters. The van der Waals surface area contributed by atoms with Crippen molar-refractivity contribution < 1.29 is 9.47 Å². The molecule has 0 aromatic heterocycles. The van der Waals surface area contributed by atoms with Crippen molar-refractivity contribution in [3.8, 4) is 11.5 Å². The minimum absolute atomic E-state index is 0.250. The predicted octanol–water partition coefficient (Wildman–Crippen LogP) is 4.03. The first-order valence-corrected chi connectivity index (χ1v) is 7.69. The lowest BCUT2D eigenvalue weighted by atomic mass is 9.89. The molecule has 1 aromatic carbocycles. The normalized spacial score (nSPS) is 22.6. The summed E-state index contributed by atoms with van der Waals surface area (Å²) < 4.78 is 11.6. The lowest BCUT2D eigenvalue weighted by Crippen LogP contribution is -2.24. The van der Waals surface area contributed by atoms with E-state index in [4.69, 9.17) is 21.1 Å². The van der Waals surface area contributed by atoms with Gasteiger partial charge in [0.1, 0.15) is 0 Å². The second-order valence-corrected chi connectivity index (χ2v) is 6.06. The number of hydrogen-bond donors (Lipinski definition) is 1. The summed E-state index contributed by atoms with van der Waals surface area (Å²) in [6.45, 7) is 3.04. The summed E-state index contributed by atoms with van der Waals surface area (Å²) in [7, 11) is 3.57. The van der Waals surface area contributed by atoms with E-state index in [-0.39, 0.29) is 6.10 Å². The molecule has 0 aliphatic heterocycles. The van der Waals surface area contributed by atoms with Gasteiger partial charge in [-0.3, -0.25) is 0 Å². The third-order valence-electron chi connectivity index (χ3n) is 3.84. The Bertz CT molecular complexity index is 450. The highest BCUT2D eigenvalue weighted by Crippen LogP contribution is 2.39. The van der Waals surface area contributed by atoms with E-state index in [1.807, 2.05) is 19.2 Å². The second kappa shape index (κ2) is 7.19. The van der Waals surface area contributed by atoms with Crippen molar-refractivity contribution in [3.63, 3.8) is 0 Å². The van der Waals surface area contributed by atoms with Gasteiger partial charge in [0.25, 0.3) is 0 Å². The molecule has 4 heteroatoms. The second-order valence-electron chi connectivity index (χ2n) is 5.65. The molecule has 20 heavy (non-hydrogen) atoms. The smallest absolute Gasteiger partial charge is 0.180 e. The number of halogens is 1. The quantitative estimate of drug-likeness (QED) is 0.890. The summed E-state index contributed by atoms with van der Waals surface area (Å²) >= 11 is 6.37. The van der Waals surface area contributed by atoms with E-state index in [9.17, 15) is 0 Å². The van der Waals surface area contributed by atoms with Crippen LogP contribution in [0.4, 0.5) is 0 Å². The lowest BCUT2D eigenvalue weighted by molar-refractivity contribution is 0.125. The first-order chi connectivity index (χ1) is 9.63. The zero-order valence-corrected chi connectivity index (χ0v) is 13.3. The summed E-state index contributed by atoms with van der Waals surface area (Å²) in [6, 6.07) is 3.94. The molecule has 3 nitrogen and oxygen atoms in total. The molecular formula is C16H24ClNO2. The van der Waals surface area contributed by atoms with Crippen LogP contribution >= 0.6 is 11.6 Å². The van der Waals surface area contributed by atoms with E-state index in [1.54, 1.807) is 7.11 Å². The van der Waals surface area contributed by atoms with Gasteiger partial charge in [-0.1, -0.05) is 24.9 Å². The Labute approximate surface area is 126 Å². The van der Waals surface area contributed by atoms with E-state index < -0.39 is 0 Å². The molecule has 0 bridgehead atoms. The average molecular weight is 298 g/mol. The summed E-state index contributed by atoms with van der Waals surface area (Å²) in [4.78, 5) is 0. The fourth-order valence-electron chi connectivity index (χ4n) is 2.85. The number of nitrogens with one attached hydrogen (secondary N) is 1. The van der Waals surface area contributed by atoms with Crippen LogP contribution in [0.25, 0.3) is 0 Å². The predicted molar refractivity (Wildman–Crippen MR) is 82.8 cm³/mol. The number of rotatable bonds is 5. The van der Waals surface area contributed by atoms with Gasteiger partial charge in [0.05, 0.1) is 18.2 Å². The Morgan fingerprint density at radius 1 is 1.35 bits per heavy atom. The van der Waals surface area contributed by atoms with Gasteiger partial charge >= 0.3 is 0 Å². The first kappa shape index (κ1) is 15.5. The molecule has 1 N–H and O–H groups in total. The number of benzene rings is 1. The maximum absolute atomic E-state index is 6.37. The molecule has 112 valence electrons. The number of ether oxygens (including phenoxy) is 2. The zero-order valence-electron chi connectivity index (χ0n) is 12.5. The van der Waals surface area contributed by atoms with Crippen molar-refractivity contribution >= 4 is 11.6 Å². The van der Waals surface area contributed by atoms with Gasteiger partial charge < -0.3 is 14.8 Å². The summed E-state index contributed by atoms with van der Waals surface area (Å²) in [5.74, 6) is 2.14. The molecule has 0 amide bonds. The number of methoxy groups -OCH3 is 1. The fraction of sp³-hybridized carbons (Fsp3) is 0.625. The third kappa shape index (κ3) is 3.80. The van der Waals surface area contributed by atoms with Crippen molar-refractivity contribution in [2.24, 2.45) is 5.92 Å². The standard InChI is InChI=1S/C16H24ClNO2/c1-11-5-4-6-13(7-11)20-16-14(17)8-12(10-18-2)9-15(16)19-3/h8-9,11,13,18H,4-7,10H2,1-3H3. The molecule has 1 aliphatic carbocycles. The van der Waals surface area contributed by atoms with Crippen LogP contribution in [0.2, 0.25) is 5.02 Å². The summed E-state index contributed by atoms with van der Waals surface area (Å²) in [5.41, 5.74) is 1.10. The SMILES string of the molecule is CNCc1cc(Cl)c(OC2CCCC(C)C2)c(OC)c1. The Morgan fingerprint density at radius 3 is 2.80 bits per heavy atom. The highest BCUT2D eigenvalue weighted by molar-refractivity contribution is 6.32. The van der Waals surface area contributed by atoms with Crippen molar-refractivity contribution in [1.29, 1.82) is 0 Å². The van der Waals surface area contributed by atoms with Gasteiger partial charge in [0, 0.05) is 6.54 Å². The first-order valence-electron chi connectivity index (χ1n) is 7.31. The third-order valence-corrected chi connectivity index (χ3v) is 4.12. The number of hydrogen-bond acceptors (Lipinski definition) is 3. The van der Waals surface area contributed by atoms with Crippen LogP contribution in [-0.4, -0.2) is 20.3 Å². The van der Waals surface area contributed by atoms with Crippen LogP contribution in [0, 0.1) is 5.92 Å². The molecular weight excluding hydrogens is 274 g/mol. The monoisotopic (exact) mass is 297 g/mol. The Morgan fingerprint density at radius 2 is 2.15 bits per heavy atom. The van der Waals surface area contributed by atoms with Gasteiger partial charge in [-0.15, -0.1) is 0 Å². The molecule has 1 saturated carbocycles. The minimum atomic E-state index is 0.250. The fourth-order valence-corrected chi connectivity index (χ4v) is 3.12. The molecule has 2 rings (SSSR count). The molecule has 0 heterocycles. The van der Waals surface area contributed by atoms with E-state index >= 15 is 0 Å². The summed E-state index contributed by atoms with van der Waals surface area (Å²) in [5, 5.41) is 3.75. The van der Waals surface area contributed by atoms with Crippen molar-refractivity contribution in [2.45, 2.75) is 45.3 Å². The van der Waals surface area contributed by atoms with E-state index in [1.165, 1.54) is 12.8 Å². The van der Waals surface area contributed by atoms with Gasteiger partial charge in [-0.25, -0.2) is 0 Å². The van der Waals surface area contributed by atoms with Gasteiger partial charge in [-0.2, -0.15) is 0 Å². The maximum Gasteiger partial charge on any atom is 0.180 e. The van der Waals surface area contributed by atoms with Crippen LogP contribution in [0.3, 0.4) is 0 Å². The molecule has 0 saturated heterocycles. The minimum Gasteiger partial charge on any atom is -0.493 e. The topological polar surface area (TPSA) is 30.5 Å². The van der Waals surface area contributed by atoms with Crippen LogP contribution in [-0.2, 0) is 6.54 Å². The Kier molecular flexibility index (Phi) is 5.55. The van der Waals surface area contributed by atoms with Gasteiger partial charge in [0.15, 0.2) is 11.5 Å². The Balaban J connectivity index is 2.17. The molecule has 1 aliphatic rings. The van der Waals surface area contributed by atoms with Gasteiger partial charge in [0.2, 0.25) is 0 Å². The zero-order chi connectivity index (χ0) is 14.5. The van der Waals surface area contributed by atoms with E-state index in [0.717, 1.165) is 36.6 Å². The summed E-state index contributed by atoms with van der Waals surface area (Å²) in [6.07, 6.45) is 4.97. The van der Waals surface area contributed by atoms with Crippen LogP contribution < -0.4 is 14.8 Å². The van der Waals surface area contributed by atoms with Crippen molar-refractivity contribution in [2.75, 3.05) is 14.2 Å². The Hall–Kier alpha value is -0.930. The van der Waals surface area contributed by atoms with Crippen molar-refractivity contribution in [3.05, 3.63) is 22.7 Å². The molecule has 1 fully saturated rings. The maximum atomic E-state index is 6.37. The van der Waals surface area contributed by atoms with E-state index in [2.05, 4.69) is 12.2 Å². The molecule has 1 aromatic rings.